The van der Waals surface area contributed by atoms with Crippen LogP contribution in [0.25, 0.3) is 0 Å². The quantitative estimate of drug-likeness (QED) is 0.751. The fourth-order valence-corrected chi connectivity index (χ4v) is 2.77. The van der Waals surface area contributed by atoms with E-state index >= 15 is 0 Å². The van der Waals surface area contributed by atoms with Crippen molar-refractivity contribution in [3.8, 4) is 0 Å². The van der Waals surface area contributed by atoms with Crippen molar-refractivity contribution in [1.82, 2.24) is 0 Å². The van der Waals surface area contributed by atoms with Gasteiger partial charge >= 0.3 is 5.97 Å². The molecule has 0 spiro atoms. The number of benzene rings is 1. The number of nitrogens with one attached hydrogen (secondary N) is 1. The second kappa shape index (κ2) is 6.72. The molecule has 0 radical (unpaired) electrons. The van der Waals surface area contributed by atoms with Gasteiger partial charge in [0.15, 0.2) is 0 Å². The molecule has 106 valence electrons. The maximum Gasteiger partial charge on any atom is 0.340 e. The molecular formula is C13H17Br2NO3. The molecule has 1 aromatic rings. The smallest absolute Gasteiger partial charge is 0.340 e. The summed E-state index contributed by atoms with van der Waals surface area (Å²) in [6.45, 7) is 4.46. The Hall–Kier alpha value is -0.590. The minimum absolute atomic E-state index is 0.0572. The van der Waals surface area contributed by atoms with Crippen molar-refractivity contribution in [1.29, 1.82) is 0 Å². The Labute approximate surface area is 129 Å². The maximum absolute atomic E-state index is 11.8. The molecule has 0 fully saturated rings. The third-order valence-electron chi connectivity index (χ3n) is 2.63. The number of ether oxygens (including phenoxy) is 1. The minimum Gasteiger partial charge on any atom is -0.465 e. The maximum atomic E-state index is 11.8. The Morgan fingerprint density at radius 3 is 2.58 bits per heavy atom. The zero-order valence-electron chi connectivity index (χ0n) is 11.1. The molecule has 0 amide bonds. The van der Waals surface area contributed by atoms with Crippen LogP contribution in [-0.4, -0.2) is 31.3 Å². The number of hydrogen-bond donors (Lipinski definition) is 2. The summed E-state index contributed by atoms with van der Waals surface area (Å²) in [5, 5.41) is 12.4. The largest absolute Gasteiger partial charge is 0.465 e. The molecule has 0 saturated carbocycles. The summed E-state index contributed by atoms with van der Waals surface area (Å²) in [5.41, 5.74) is 0.828. The van der Waals surface area contributed by atoms with E-state index in [0.29, 0.717) is 17.8 Å². The highest BCUT2D eigenvalue weighted by Crippen LogP contribution is 2.32. The molecule has 0 aliphatic carbocycles. The van der Waals surface area contributed by atoms with Gasteiger partial charge in [0.25, 0.3) is 0 Å². The zero-order valence-corrected chi connectivity index (χ0v) is 14.3. The van der Waals surface area contributed by atoms with E-state index in [-0.39, 0.29) is 12.0 Å². The van der Waals surface area contributed by atoms with Crippen LogP contribution in [0, 0.1) is 5.41 Å². The van der Waals surface area contributed by atoms with Gasteiger partial charge in [0.2, 0.25) is 0 Å². The van der Waals surface area contributed by atoms with Crippen molar-refractivity contribution >= 4 is 43.5 Å². The number of anilines is 1. The van der Waals surface area contributed by atoms with Crippen molar-refractivity contribution < 1.29 is 14.6 Å². The third kappa shape index (κ3) is 4.47. The molecule has 0 unspecified atom stereocenters. The Bertz CT molecular complexity index is 475. The molecule has 1 aromatic carbocycles. The molecule has 0 saturated heterocycles. The van der Waals surface area contributed by atoms with E-state index in [0.717, 1.165) is 8.95 Å². The van der Waals surface area contributed by atoms with Gasteiger partial charge < -0.3 is 15.2 Å². The first kappa shape index (κ1) is 16.5. The number of hydrogen-bond acceptors (Lipinski definition) is 4. The summed E-state index contributed by atoms with van der Waals surface area (Å²) in [6.07, 6.45) is 0. The monoisotopic (exact) mass is 393 g/mol. The van der Waals surface area contributed by atoms with Crippen LogP contribution in [0.2, 0.25) is 0 Å². The lowest BCUT2D eigenvalue weighted by Crippen LogP contribution is -2.27. The first-order chi connectivity index (χ1) is 8.80. The Balaban J connectivity index is 3.08. The second-order valence-electron chi connectivity index (χ2n) is 4.98. The fourth-order valence-electron chi connectivity index (χ4n) is 1.41. The van der Waals surface area contributed by atoms with Gasteiger partial charge in [0.05, 0.1) is 18.4 Å². The number of methoxy groups -OCH3 is 1. The van der Waals surface area contributed by atoms with Crippen LogP contribution in [0.15, 0.2) is 21.1 Å². The lowest BCUT2D eigenvalue weighted by Gasteiger charge is -2.24. The Kier molecular flexibility index (Phi) is 5.82. The van der Waals surface area contributed by atoms with Crippen molar-refractivity contribution in [2.75, 3.05) is 25.6 Å². The van der Waals surface area contributed by atoms with E-state index in [9.17, 15) is 9.90 Å². The fraction of sp³-hybridized carbons (Fsp3) is 0.462. The van der Waals surface area contributed by atoms with E-state index in [1.54, 1.807) is 6.07 Å². The van der Waals surface area contributed by atoms with E-state index in [4.69, 9.17) is 4.74 Å². The summed E-state index contributed by atoms with van der Waals surface area (Å²) >= 11 is 6.77. The van der Waals surface area contributed by atoms with Crippen LogP contribution in [0.4, 0.5) is 5.69 Å². The summed E-state index contributed by atoms with van der Waals surface area (Å²) in [7, 11) is 1.35. The average molecular weight is 395 g/mol. The van der Waals surface area contributed by atoms with Crippen LogP contribution in [-0.2, 0) is 4.74 Å². The number of carbonyl (C=O) groups is 1. The van der Waals surface area contributed by atoms with Crippen LogP contribution < -0.4 is 5.32 Å². The summed E-state index contributed by atoms with van der Waals surface area (Å²) < 4.78 is 6.32. The van der Waals surface area contributed by atoms with Gasteiger partial charge in [-0.25, -0.2) is 4.79 Å². The number of rotatable bonds is 5. The highest BCUT2D eigenvalue weighted by atomic mass is 79.9. The predicted octanol–water partition coefficient (Wildman–Crippen LogP) is 3.43. The average Bonchev–Trinajstić information content (AvgIpc) is 2.35. The molecule has 0 aromatic heterocycles. The van der Waals surface area contributed by atoms with Gasteiger partial charge in [0, 0.05) is 27.5 Å². The van der Waals surface area contributed by atoms with E-state index in [1.165, 1.54) is 7.11 Å². The van der Waals surface area contributed by atoms with Gasteiger partial charge in [-0.2, -0.15) is 0 Å². The predicted molar refractivity (Wildman–Crippen MR) is 82.5 cm³/mol. The minimum atomic E-state index is -0.411. The summed E-state index contributed by atoms with van der Waals surface area (Å²) in [4.78, 5) is 11.8. The first-order valence-electron chi connectivity index (χ1n) is 5.73. The van der Waals surface area contributed by atoms with Crippen LogP contribution in [0.1, 0.15) is 24.2 Å². The SMILES string of the molecule is COC(=O)c1cc(Br)cc(Br)c1NCC(C)(C)CO. The molecule has 6 heteroatoms. The van der Waals surface area contributed by atoms with E-state index in [2.05, 4.69) is 37.2 Å². The first-order valence-corrected chi connectivity index (χ1v) is 7.31. The molecule has 1 rings (SSSR count). The molecular weight excluding hydrogens is 378 g/mol. The van der Waals surface area contributed by atoms with Crippen molar-refractivity contribution in [2.24, 2.45) is 5.41 Å². The molecule has 0 atom stereocenters. The van der Waals surface area contributed by atoms with Gasteiger partial charge in [-0.15, -0.1) is 0 Å². The Morgan fingerprint density at radius 1 is 1.42 bits per heavy atom. The van der Waals surface area contributed by atoms with E-state index in [1.807, 2.05) is 19.9 Å². The summed E-state index contributed by atoms with van der Waals surface area (Å²) in [5.74, 6) is -0.411. The molecule has 0 heterocycles. The molecule has 0 aliphatic rings. The van der Waals surface area contributed by atoms with Crippen molar-refractivity contribution in [2.45, 2.75) is 13.8 Å². The molecule has 2 N–H and O–H groups in total. The number of esters is 1. The summed E-state index contributed by atoms with van der Waals surface area (Å²) in [6, 6.07) is 3.55. The third-order valence-corrected chi connectivity index (χ3v) is 3.72. The van der Waals surface area contributed by atoms with Crippen LogP contribution >= 0.6 is 31.9 Å². The van der Waals surface area contributed by atoms with Crippen molar-refractivity contribution in [3.05, 3.63) is 26.6 Å². The lowest BCUT2D eigenvalue weighted by atomic mass is 9.95. The van der Waals surface area contributed by atoms with Gasteiger partial charge in [-0.3, -0.25) is 0 Å². The second-order valence-corrected chi connectivity index (χ2v) is 6.75. The van der Waals surface area contributed by atoms with Gasteiger partial charge in [-0.1, -0.05) is 29.8 Å². The standard InChI is InChI=1S/C13H17Br2NO3/c1-13(2,7-17)6-16-11-9(12(18)19-3)4-8(14)5-10(11)15/h4-5,16-17H,6-7H2,1-3H3. The molecule has 0 bridgehead atoms. The normalized spacial score (nSPS) is 11.3. The number of aliphatic hydroxyl groups is 1. The number of carbonyl (C=O) groups excluding carboxylic acids is 1. The van der Waals surface area contributed by atoms with Crippen molar-refractivity contribution in [3.63, 3.8) is 0 Å². The lowest BCUT2D eigenvalue weighted by molar-refractivity contribution is 0.0601. The molecule has 19 heavy (non-hydrogen) atoms. The topological polar surface area (TPSA) is 58.6 Å². The van der Waals surface area contributed by atoms with E-state index < -0.39 is 5.97 Å². The van der Waals surface area contributed by atoms with Gasteiger partial charge in [-0.05, 0) is 28.1 Å². The van der Waals surface area contributed by atoms with Gasteiger partial charge in [0.1, 0.15) is 0 Å². The zero-order chi connectivity index (χ0) is 14.6. The molecule has 4 nitrogen and oxygen atoms in total. The number of aliphatic hydroxyl groups excluding tert-OH is 1. The van der Waals surface area contributed by atoms with Crippen LogP contribution in [0.3, 0.4) is 0 Å². The van der Waals surface area contributed by atoms with Crippen LogP contribution in [0.5, 0.6) is 0 Å². The molecule has 0 aliphatic heterocycles. The highest BCUT2D eigenvalue weighted by Gasteiger charge is 2.20. The number of halogens is 2. The highest BCUT2D eigenvalue weighted by molar-refractivity contribution is 9.11. The Morgan fingerprint density at radius 2 is 2.05 bits per heavy atom.